The van der Waals surface area contributed by atoms with Crippen LogP contribution in [0.2, 0.25) is 0 Å². The van der Waals surface area contributed by atoms with Gasteiger partial charge in [-0.25, -0.2) is 0 Å². The number of hydrogen-bond acceptors (Lipinski definition) is 5. The summed E-state index contributed by atoms with van der Waals surface area (Å²) in [5, 5.41) is 23.7. The number of nitrogens with one attached hydrogen (secondary N) is 1. The van der Waals surface area contributed by atoms with E-state index in [0.717, 1.165) is 4.90 Å². The van der Waals surface area contributed by atoms with Gasteiger partial charge in [-0.3, -0.25) is 20.2 Å². The Morgan fingerprint density at radius 2 is 2.10 bits per heavy atom. The number of alkyl halides is 1. The molecular formula is C11H17BrN3O5+. The highest BCUT2D eigenvalue weighted by Crippen LogP contribution is 2.39. The van der Waals surface area contributed by atoms with Gasteiger partial charge < -0.3 is 9.64 Å². The van der Waals surface area contributed by atoms with Crippen LogP contribution in [0.25, 0.3) is 0 Å². The number of nitrogens with zero attached hydrogens (tertiary/aromatic N) is 2. The van der Waals surface area contributed by atoms with Crippen molar-refractivity contribution in [3.8, 4) is 0 Å². The summed E-state index contributed by atoms with van der Waals surface area (Å²) in [5.41, 5.74) is -2.70. The van der Waals surface area contributed by atoms with Crippen molar-refractivity contribution in [1.82, 2.24) is 0 Å². The standard InChI is InChI=1S/C11H16BrN3O5/c1-20-9-4-10(14(16)17)6-11(5-9,15(18)19)8-13(7-10)3-2-12/h4H,2-3,5-8H2,1H3/p+1/t10-,11+/m1/s1. The minimum absolute atomic E-state index is 0.0569. The van der Waals surface area contributed by atoms with Crippen molar-refractivity contribution in [2.45, 2.75) is 23.9 Å². The van der Waals surface area contributed by atoms with Crippen LogP contribution in [0.5, 0.6) is 0 Å². The van der Waals surface area contributed by atoms with Crippen molar-refractivity contribution in [3.05, 3.63) is 32.1 Å². The number of methoxy groups -OCH3 is 1. The number of halogens is 1. The van der Waals surface area contributed by atoms with Crippen molar-refractivity contribution in [3.63, 3.8) is 0 Å². The fourth-order valence-electron chi connectivity index (χ4n) is 3.37. The van der Waals surface area contributed by atoms with Crippen LogP contribution in [0.15, 0.2) is 11.8 Å². The number of rotatable bonds is 5. The molecule has 112 valence electrons. The van der Waals surface area contributed by atoms with Gasteiger partial charge in [0.1, 0.15) is 18.7 Å². The molecule has 1 saturated heterocycles. The van der Waals surface area contributed by atoms with Gasteiger partial charge >= 0.3 is 0 Å². The van der Waals surface area contributed by atoms with Crippen LogP contribution in [0.3, 0.4) is 0 Å². The van der Waals surface area contributed by atoms with Crippen LogP contribution >= 0.6 is 15.9 Å². The van der Waals surface area contributed by atoms with Crippen molar-refractivity contribution < 1.29 is 19.5 Å². The number of hydrogen-bond donors (Lipinski definition) is 1. The van der Waals surface area contributed by atoms with Gasteiger partial charge in [-0.2, -0.15) is 0 Å². The minimum Gasteiger partial charge on any atom is -0.501 e. The van der Waals surface area contributed by atoms with E-state index in [9.17, 15) is 20.2 Å². The van der Waals surface area contributed by atoms with E-state index in [1.807, 2.05) is 0 Å². The molecule has 20 heavy (non-hydrogen) atoms. The second-order valence-corrected chi connectivity index (χ2v) is 6.35. The summed E-state index contributed by atoms with van der Waals surface area (Å²) in [6.07, 6.45) is 1.54. The molecule has 1 fully saturated rings. The normalized spacial score (nSPS) is 36.1. The molecule has 0 radical (unpaired) electrons. The fraction of sp³-hybridized carbons (Fsp3) is 0.818. The van der Waals surface area contributed by atoms with E-state index in [0.29, 0.717) is 24.2 Å². The van der Waals surface area contributed by atoms with E-state index in [2.05, 4.69) is 15.9 Å². The Hall–Kier alpha value is -1.22. The first-order valence-corrected chi connectivity index (χ1v) is 7.44. The summed E-state index contributed by atoms with van der Waals surface area (Å²) in [6, 6.07) is 0. The molecule has 1 N–H and O–H groups in total. The number of fused-ring (bicyclic) bond motifs is 2. The average Bonchev–Trinajstić information content (AvgIpc) is 2.37. The molecule has 3 atom stereocenters. The Morgan fingerprint density at radius 1 is 1.40 bits per heavy atom. The maximum absolute atomic E-state index is 11.5. The lowest BCUT2D eigenvalue weighted by Crippen LogP contribution is -3.18. The molecule has 1 unspecified atom stereocenters. The Kier molecular flexibility index (Phi) is 4.01. The molecule has 2 aliphatic rings. The smallest absolute Gasteiger partial charge is 0.298 e. The maximum Gasteiger partial charge on any atom is 0.298 e. The summed E-state index contributed by atoms with van der Waals surface area (Å²) in [7, 11) is 1.40. The van der Waals surface area contributed by atoms with Crippen molar-refractivity contribution in [1.29, 1.82) is 0 Å². The zero-order valence-electron chi connectivity index (χ0n) is 11.1. The van der Waals surface area contributed by atoms with Gasteiger partial charge in [0.05, 0.1) is 25.4 Å². The van der Waals surface area contributed by atoms with Gasteiger partial charge in [-0.05, 0) is 0 Å². The molecule has 8 nitrogen and oxygen atoms in total. The van der Waals surface area contributed by atoms with Gasteiger partial charge in [-0.15, -0.1) is 0 Å². The Labute approximate surface area is 124 Å². The molecule has 1 heterocycles. The molecule has 2 bridgehead atoms. The number of quaternary nitrogens is 1. The highest BCUT2D eigenvalue weighted by molar-refractivity contribution is 9.09. The van der Waals surface area contributed by atoms with E-state index in [4.69, 9.17) is 4.74 Å². The molecule has 0 aromatic heterocycles. The first kappa shape index (κ1) is 15.2. The van der Waals surface area contributed by atoms with Crippen LogP contribution < -0.4 is 4.90 Å². The third-order valence-electron chi connectivity index (χ3n) is 4.16. The van der Waals surface area contributed by atoms with Crippen LogP contribution in [-0.2, 0) is 4.74 Å². The van der Waals surface area contributed by atoms with E-state index >= 15 is 0 Å². The molecule has 1 aliphatic heterocycles. The summed E-state index contributed by atoms with van der Waals surface area (Å²) in [4.78, 5) is 23.2. The Morgan fingerprint density at radius 3 is 2.60 bits per heavy atom. The first-order valence-electron chi connectivity index (χ1n) is 6.32. The molecule has 0 aromatic rings. The first-order chi connectivity index (χ1) is 9.37. The van der Waals surface area contributed by atoms with Crippen LogP contribution in [-0.4, -0.2) is 53.0 Å². The van der Waals surface area contributed by atoms with Gasteiger partial charge in [0.25, 0.3) is 11.1 Å². The zero-order valence-corrected chi connectivity index (χ0v) is 12.7. The third-order valence-corrected chi connectivity index (χ3v) is 4.56. The Bertz CT molecular complexity index is 471. The lowest BCUT2D eigenvalue weighted by molar-refractivity contribution is -0.941. The average molecular weight is 351 g/mol. The number of likely N-dealkylation sites (tertiary alicyclic amines) is 1. The van der Waals surface area contributed by atoms with Gasteiger partial charge in [0.2, 0.25) is 0 Å². The molecule has 2 rings (SSSR count). The third kappa shape index (κ3) is 2.39. The predicted molar refractivity (Wildman–Crippen MR) is 73.1 cm³/mol. The van der Waals surface area contributed by atoms with Crippen LogP contribution in [0, 0.1) is 20.2 Å². The lowest BCUT2D eigenvalue weighted by atomic mass is 9.71. The number of ether oxygens (including phenoxy) is 1. The zero-order chi connectivity index (χ0) is 15.0. The summed E-state index contributed by atoms with van der Waals surface area (Å²) in [6.45, 7) is 1.18. The van der Waals surface area contributed by atoms with E-state index in [-0.39, 0.29) is 24.3 Å². The van der Waals surface area contributed by atoms with Crippen LogP contribution in [0.4, 0.5) is 0 Å². The summed E-state index contributed by atoms with van der Waals surface area (Å²) >= 11 is 3.30. The Balaban J connectivity index is 2.47. The van der Waals surface area contributed by atoms with E-state index in [1.54, 1.807) is 0 Å². The molecular weight excluding hydrogens is 334 g/mol. The van der Waals surface area contributed by atoms with Crippen LogP contribution in [0.1, 0.15) is 12.8 Å². The summed E-state index contributed by atoms with van der Waals surface area (Å²) < 4.78 is 5.11. The highest BCUT2D eigenvalue weighted by Gasteiger charge is 2.67. The molecule has 9 heteroatoms. The highest BCUT2D eigenvalue weighted by atomic mass is 79.9. The van der Waals surface area contributed by atoms with Crippen molar-refractivity contribution in [2.24, 2.45) is 0 Å². The van der Waals surface area contributed by atoms with Gasteiger partial charge in [0.15, 0.2) is 6.54 Å². The second-order valence-electron chi connectivity index (χ2n) is 5.55. The van der Waals surface area contributed by atoms with Crippen molar-refractivity contribution >= 4 is 15.9 Å². The quantitative estimate of drug-likeness (QED) is 0.414. The molecule has 1 aliphatic carbocycles. The monoisotopic (exact) mass is 350 g/mol. The van der Waals surface area contributed by atoms with E-state index in [1.165, 1.54) is 13.2 Å². The maximum atomic E-state index is 11.5. The van der Waals surface area contributed by atoms with Crippen molar-refractivity contribution in [2.75, 3.05) is 32.1 Å². The molecule has 0 aromatic carbocycles. The topological polar surface area (TPSA) is 100.0 Å². The molecule has 0 spiro atoms. The molecule has 0 amide bonds. The largest absolute Gasteiger partial charge is 0.501 e. The summed E-state index contributed by atoms with van der Waals surface area (Å²) in [5.74, 6) is 0.350. The minimum atomic E-state index is -1.40. The number of piperidine rings is 1. The molecule has 0 saturated carbocycles. The SMILES string of the molecule is COC1=C[C@]2([N+](=O)[O-])C[NH+](CCBr)C[C@]([N+](=O)[O-])(C1)C2. The van der Waals surface area contributed by atoms with Gasteiger partial charge in [0, 0.05) is 15.9 Å². The van der Waals surface area contributed by atoms with E-state index < -0.39 is 16.0 Å². The van der Waals surface area contributed by atoms with Gasteiger partial charge in [-0.1, -0.05) is 15.9 Å². The number of nitro groups is 2. The second kappa shape index (κ2) is 5.28. The predicted octanol–water partition coefficient (Wildman–Crippen LogP) is -0.365. The fourth-order valence-corrected chi connectivity index (χ4v) is 3.94. The lowest BCUT2D eigenvalue weighted by Gasteiger charge is -2.42.